The highest BCUT2D eigenvalue weighted by Crippen LogP contribution is 2.32. The van der Waals surface area contributed by atoms with Crippen molar-refractivity contribution in [1.82, 2.24) is 4.98 Å². The van der Waals surface area contributed by atoms with E-state index in [9.17, 15) is 5.26 Å². The van der Waals surface area contributed by atoms with Crippen molar-refractivity contribution in [3.8, 4) is 23.3 Å². The van der Waals surface area contributed by atoms with Crippen LogP contribution in [-0.4, -0.2) is 18.1 Å². The number of oxazole rings is 1. The van der Waals surface area contributed by atoms with E-state index >= 15 is 0 Å². The van der Waals surface area contributed by atoms with Crippen molar-refractivity contribution >= 4 is 17.5 Å². The third-order valence-electron chi connectivity index (χ3n) is 6.40. The van der Waals surface area contributed by atoms with Crippen molar-refractivity contribution in [2.45, 2.75) is 25.9 Å². The van der Waals surface area contributed by atoms with Gasteiger partial charge in [0.05, 0.1) is 0 Å². The highest BCUT2D eigenvalue weighted by molar-refractivity contribution is 6.30. The molecule has 0 unspecified atom stereocenters. The van der Waals surface area contributed by atoms with Crippen LogP contribution in [0.3, 0.4) is 0 Å². The number of hydrogen-bond acceptors (Lipinski definition) is 5. The van der Waals surface area contributed by atoms with Gasteiger partial charge in [0.2, 0.25) is 17.5 Å². The lowest BCUT2D eigenvalue weighted by atomic mass is 9.90. The molecule has 1 aromatic heterocycles. The number of piperidine rings is 1. The topological polar surface area (TPSA) is 62.3 Å². The minimum Gasteiger partial charge on any atom is -0.489 e. The molecule has 0 spiro atoms. The van der Waals surface area contributed by atoms with Crippen LogP contribution in [0.2, 0.25) is 5.02 Å². The average molecular weight is 484 g/mol. The Bertz CT molecular complexity index is 1290. The molecule has 1 aliphatic heterocycles. The van der Waals surface area contributed by atoms with Crippen LogP contribution in [0.15, 0.2) is 83.3 Å². The van der Waals surface area contributed by atoms with Gasteiger partial charge in [-0.25, -0.2) is 0 Å². The van der Waals surface area contributed by atoms with E-state index in [1.807, 2.05) is 48.5 Å². The Labute approximate surface area is 210 Å². The maximum atomic E-state index is 9.67. The van der Waals surface area contributed by atoms with Crippen molar-refractivity contribution in [3.05, 3.63) is 101 Å². The molecule has 0 amide bonds. The normalized spacial score (nSPS) is 14.0. The minimum absolute atomic E-state index is 0.338. The molecule has 0 aliphatic carbocycles. The molecule has 2 heterocycles. The van der Waals surface area contributed by atoms with Crippen molar-refractivity contribution in [1.29, 1.82) is 5.26 Å². The summed E-state index contributed by atoms with van der Waals surface area (Å²) in [6.45, 7) is 2.18. The molecule has 176 valence electrons. The Morgan fingerprint density at radius 2 is 1.66 bits per heavy atom. The number of anilines is 1. The number of halogens is 1. The number of ether oxygens (including phenoxy) is 1. The first-order valence-corrected chi connectivity index (χ1v) is 12.2. The van der Waals surface area contributed by atoms with E-state index < -0.39 is 0 Å². The van der Waals surface area contributed by atoms with Crippen molar-refractivity contribution < 1.29 is 9.15 Å². The van der Waals surface area contributed by atoms with Crippen LogP contribution in [0.4, 0.5) is 5.88 Å². The first-order chi connectivity index (χ1) is 17.2. The molecule has 0 saturated carbocycles. The summed E-state index contributed by atoms with van der Waals surface area (Å²) >= 11 is 5.93. The second-order valence-corrected chi connectivity index (χ2v) is 9.28. The van der Waals surface area contributed by atoms with Gasteiger partial charge in [0.15, 0.2) is 0 Å². The summed E-state index contributed by atoms with van der Waals surface area (Å²) < 4.78 is 12.0. The lowest BCUT2D eigenvalue weighted by molar-refractivity contribution is 0.306. The van der Waals surface area contributed by atoms with Crippen LogP contribution in [0.25, 0.3) is 11.5 Å². The number of benzene rings is 3. The molecule has 3 aromatic carbocycles. The van der Waals surface area contributed by atoms with E-state index in [-0.39, 0.29) is 0 Å². The second-order valence-electron chi connectivity index (χ2n) is 8.84. The van der Waals surface area contributed by atoms with Gasteiger partial charge in [-0.1, -0.05) is 54.1 Å². The van der Waals surface area contributed by atoms with E-state index in [1.54, 1.807) is 0 Å². The van der Waals surface area contributed by atoms with Gasteiger partial charge in [0.25, 0.3) is 0 Å². The van der Waals surface area contributed by atoms with E-state index in [2.05, 4.69) is 46.3 Å². The largest absolute Gasteiger partial charge is 0.489 e. The third kappa shape index (κ3) is 5.67. The molecule has 1 saturated heterocycles. The lowest BCUT2D eigenvalue weighted by Gasteiger charge is -2.31. The number of nitrogens with zero attached hydrogens (tertiary/aromatic N) is 3. The van der Waals surface area contributed by atoms with Gasteiger partial charge in [-0.15, -0.1) is 0 Å². The maximum Gasteiger partial charge on any atom is 0.235 e. The first-order valence-electron chi connectivity index (χ1n) is 11.9. The fourth-order valence-electron chi connectivity index (χ4n) is 4.45. The van der Waals surface area contributed by atoms with Crippen molar-refractivity contribution in [2.75, 3.05) is 18.0 Å². The molecule has 1 fully saturated rings. The van der Waals surface area contributed by atoms with Gasteiger partial charge in [-0.3, -0.25) is 0 Å². The Kier molecular flexibility index (Phi) is 7.02. The Morgan fingerprint density at radius 3 is 2.34 bits per heavy atom. The summed E-state index contributed by atoms with van der Waals surface area (Å²) in [5.41, 5.74) is 3.57. The zero-order valence-corrected chi connectivity index (χ0v) is 20.1. The molecule has 0 N–H and O–H groups in total. The van der Waals surface area contributed by atoms with Gasteiger partial charge in [-0.2, -0.15) is 10.2 Å². The molecule has 5 nitrogen and oxygen atoms in total. The van der Waals surface area contributed by atoms with Gasteiger partial charge in [0.1, 0.15) is 18.4 Å². The predicted molar refractivity (Wildman–Crippen MR) is 138 cm³/mol. The maximum absolute atomic E-state index is 9.67. The second kappa shape index (κ2) is 10.7. The van der Waals surface area contributed by atoms with E-state index in [0.717, 1.165) is 49.2 Å². The molecular weight excluding hydrogens is 458 g/mol. The van der Waals surface area contributed by atoms with Crippen LogP contribution in [0, 0.1) is 17.2 Å². The monoisotopic (exact) mass is 483 g/mol. The number of hydrogen-bond donors (Lipinski definition) is 0. The SMILES string of the molecule is N#Cc1nc(-c2ccc(OCc3ccc(Cl)cc3)cc2)oc1N1CCC(Cc2ccccc2)CC1. The zero-order valence-electron chi connectivity index (χ0n) is 19.4. The third-order valence-corrected chi connectivity index (χ3v) is 6.66. The fourth-order valence-corrected chi connectivity index (χ4v) is 4.58. The molecule has 4 aromatic rings. The molecular formula is C29H26ClN3O2. The standard InChI is InChI=1S/C29H26ClN3O2/c30-25-10-6-23(7-11-25)20-34-26-12-8-24(9-13-26)28-32-27(19-31)29(35-28)33-16-14-22(15-17-33)18-21-4-2-1-3-5-21/h1-13,22H,14-18,20H2. The van der Waals surface area contributed by atoms with E-state index in [1.165, 1.54) is 5.56 Å². The van der Waals surface area contributed by atoms with E-state index in [0.29, 0.717) is 35.0 Å². The van der Waals surface area contributed by atoms with Crippen LogP contribution >= 0.6 is 11.6 Å². The van der Waals surface area contributed by atoms with Crippen molar-refractivity contribution in [2.24, 2.45) is 5.92 Å². The number of rotatable bonds is 7. The summed E-state index contributed by atoms with van der Waals surface area (Å²) in [5.74, 6) is 2.41. The number of aromatic nitrogens is 1. The molecule has 0 bridgehead atoms. The Morgan fingerprint density at radius 1 is 0.943 bits per heavy atom. The quantitative estimate of drug-likeness (QED) is 0.286. The van der Waals surface area contributed by atoms with Crippen molar-refractivity contribution in [3.63, 3.8) is 0 Å². The van der Waals surface area contributed by atoms with Gasteiger partial charge >= 0.3 is 0 Å². The van der Waals surface area contributed by atoms with Crippen LogP contribution < -0.4 is 9.64 Å². The Balaban J connectivity index is 1.22. The molecule has 1 aliphatic rings. The van der Waals surface area contributed by atoms with Gasteiger partial charge < -0.3 is 14.1 Å². The summed E-state index contributed by atoms with van der Waals surface area (Å²) in [6.07, 6.45) is 3.22. The Hall–Kier alpha value is -3.75. The lowest BCUT2D eigenvalue weighted by Crippen LogP contribution is -2.34. The molecule has 5 rings (SSSR count). The fraction of sp³-hybridized carbons (Fsp3) is 0.241. The van der Waals surface area contributed by atoms with Crippen LogP contribution in [-0.2, 0) is 13.0 Å². The predicted octanol–water partition coefficient (Wildman–Crippen LogP) is 6.90. The van der Waals surface area contributed by atoms with Gasteiger partial charge in [-0.05, 0) is 72.7 Å². The summed E-state index contributed by atoms with van der Waals surface area (Å²) in [4.78, 5) is 6.62. The zero-order chi connectivity index (χ0) is 24.0. The highest BCUT2D eigenvalue weighted by Gasteiger charge is 2.25. The average Bonchev–Trinajstić information content (AvgIpc) is 3.34. The smallest absolute Gasteiger partial charge is 0.235 e. The van der Waals surface area contributed by atoms with E-state index in [4.69, 9.17) is 20.8 Å². The molecule has 0 atom stereocenters. The molecule has 35 heavy (non-hydrogen) atoms. The summed E-state index contributed by atoms with van der Waals surface area (Å²) in [7, 11) is 0. The first kappa shape index (κ1) is 23.0. The van der Waals surface area contributed by atoms with Crippen LogP contribution in [0.1, 0.15) is 29.7 Å². The summed E-state index contributed by atoms with van der Waals surface area (Å²) in [6, 6.07) is 28.0. The minimum atomic E-state index is 0.338. The summed E-state index contributed by atoms with van der Waals surface area (Å²) in [5, 5.41) is 10.4. The number of nitriles is 1. The van der Waals surface area contributed by atoms with Crippen LogP contribution in [0.5, 0.6) is 5.75 Å². The highest BCUT2D eigenvalue weighted by atomic mass is 35.5. The molecule has 6 heteroatoms. The van der Waals surface area contributed by atoms with Gasteiger partial charge in [0, 0.05) is 23.7 Å². The molecule has 0 radical (unpaired) electrons.